The number of carbonyl (C=O) groups is 1. The van der Waals surface area contributed by atoms with E-state index >= 15 is 0 Å². The highest BCUT2D eigenvalue weighted by Gasteiger charge is 2.15. The minimum atomic E-state index is -0.359. The van der Waals surface area contributed by atoms with Crippen LogP contribution in [0.2, 0.25) is 0 Å². The Balaban J connectivity index is 2.68. The Hall–Kier alpha value is -2.23. The smallest absolute Gasteiger partial charge is 0.308 e. The Morgan fingerprint density at radius 1 is 1.00 bits per heavy atom. The van der Waals surface area contributed by atoms with E-state index < -0.39 is 0 Å². The van der Waals surface area contributed by atoms with Gasteiger partial charge in [-0.1, -0.05) is 24.3 Å². The highest BCUT2D eigenvalue weighted by molar-refractivity contribution is 5.96. The van der Waals surface area contributed by atoms with Crippen molar-refractivity contribution in [2.24, 2.45) is 0 Å². The number of benzene rings is 2. The zero-order chi connectivity index (χ0) is 14.5. The van der Waals surface area contributed by atoms with Crippen molar-refractivity contribution in [3.8, 4) is 17.2 Å². The van der Waals surface area contributed by atoms with Crippen LogP contribution < -0.4 is 14.2 Å². The van der Waals surface area contributed by atoms with Crippen molar-refractivity contribution in [3.05, 3.63) is 30.3 Å². The molecule has 0 aliphatic heterocycles. The molecule has 0 spiro atoms. The molecule has 0 atom stereocenters. The molecule has 20 heavy (non-hydrogen) atoms. The van der Waals surface area contributed by atoms with Crippen molar-refractivity contribution >= 4 is 16.7 Å². The maximum absolute atomic E-state index is 11.2. The van der Waals surface area contributed by atoms with E-state index in [0.29, 0.717) is 30.5 Å². The van der Waals surface area contributed by atoms with Gasteiger partial charge in [0.15, 0.2) is 11.5 Å². The van der Waals surface area contributed by atoms with Crippen LogP contribution in [0.1, 0.15) is 20.8 Å². The average molecular weight is 274 g/mol. The second kappa shape index (κ2) is 6.28. The summed E-state index contributed by atoms with van der Waals surface area (Å²) in [6.45, 7) is 6.25. The topological polar surface area (TPSA) is 44.8 Å². The van der Waals surface area contributed by atoms with Crippen LogP contribution >= 0.6 is 0 Å². The molecule has 0 saturated heterocycles. The fraction of sp³-hybridized carbons (Fsp3) is 0.312. The third-order valence-electron chi connectivity index (χ3n) is 2.77. The molecule has 4 nitrogen and oxygen atoms in total. The first kappa shape index (κ1) is 14.2. The highest BCUT2D eigenvalue weighted by Crippen LogP contribution is 2.41. The van der Waals surface area contributed by atoms with Gasteiger partial charge in [-0.2, -0.15) is 0 Å². The molecule has 0 bridgehead atoms. The van der Waals surface area contributed by atoms with Crippen molar-refractivity contribution < 1.29 is 19.0 Å². The number of hydrogen-bond acceptors (Lipinski definition) is 4. The minimum absolute atomic E-state index is 0.359. The van der Waals surface area contributed by atoms with Gasteiger partial charge in [-0.05, 0) is 13.8 Å². The number of rotatable bonds is 5. The van der Waals surface area contributed by atoms with Gasteiger partial charge >= 0.3 is 5.97 Å². The number of esters is 1. The molecule has 0 aliphatic carbocycles. The van der Waals surface area contributed by atoms with Crippen molar-refractivity contribution in [1.29, 1.82) is 0 Å². The first-order chi connectivity index (χ1) is 9.67. The van der Waals surface area contributed by atoms with E-state index in [0.717, 1.165) is 10.8 Å². The molecule has 0 aromatic heterocycles. The molecule has 106 valence electrons. The second-order valence-electron chi connectivity index (χ2n) is 4.21. The number of ether oxygens (including phenoxy) is 3. The van der Waals surface area contributed by atoms with Crippen LogP contribution in [0, 0.1) is 0 Å². The van der Waals surface area contributed by atoms with Crippen molar-refractivity contribution in [2.45, 2.75) is 20.8 Å². The lowest BCUT2D eigenvalue weighted by molar-refractivity contribution is -0.131. The normalized spacial score (nSPS) is 10.3. The zero-order valence-electron chi connectivity index (χ0n) is 11.9. The van der Waals surface area contributed by atoms with E-state index in [-0.39, 0.29) is 5.97 Å². The van der Waals surface area contributed by atoms with Crippen LogP contribution in [0.25, 0.3) is 10.8 Å². The fourth-order valence-corrected chi connectivity index (χ4v) is 2.09. The molecule has 0 amide bonds. The summed E-state index contributed by atoms with van der Waals surface area (Å²) in [6, 6.07) is 9.34. The quantitative estimate of drug-likeness (QED) is 0.617. The van der Waals surface area contributed by atoms with E-state index in [2.05, 4.69) is 0 Å². The van der Waals surface area contributed by atoms with Crippen LogP contribution in [0.4, 0.5) is 0 Å². The second-order valence-corrected chi connectivity index (χ2v) is 4.21. The third kappa shape index (κ3) is 2.85. The van der Waals surface area contributed by atoms with Gasteiger partial charge in [-0.15, -0.1) is 0 Å². The summed E-state index contributed by atoms with van der Waals surface area (Å²) < 4.78 is 16.6. The van der Waals surface area contributed by atoms with Crippen LogP contribution in [0.15, 0.2) is 30.3 Å². The Kier molecular flexibility index (Phi) is 4.45. The summed E-state index contributed by atoms with van der Waals surface area (Å²) >= 11 is 0. The van der Waals surface area contributed by atoms with Crippen LogP contribution in [0.5, 0.6) is 17.2 Å². The van der Waals surface area contributed by atoms with Crippen molar-refractivity contribution in [3.63, 3.8) is 0 Å². The molecule has 4 heteroatoms. The summed E-state index contributed by atoms with van der Waals surface area (Å²) in [6.07, 6.45) is 0. The molecule has 0 N–H and O–H groups in total. The maximum atomic E-state index is 11.2. The van der Waals surface area contributed by atoms with Gasteiger partial charge in [-0.25, -0.2) is 0 Å². The maximum Gasteiger partial charge on any atom is 0.308 e. The molecule has 2 rings (SSSR count). The lowest BCUT2D eigenvalue weighted by Gasteiger charge is -2.16. The molecular weight excluding hydrogens is 256 g/mol. The molecule has 0 saturated carbocycles. The molecular formula is C16H18O4. The summed E-state index contributed by atoms with van der Waals surface area (Å²) in [5.41, 5.74) is 0. The summed E-state index contributed by atoms with van der Waals surface area (Å²) in [4.78, 5) is 11.2. The van der Waals surface area contributed by atoms with E-state index in [1.54, 1.807) is 6.07 Å². The monoisotopic (exact) mass is 274 g/mol. The van der Waals surface area contributed by atoms with Crippen LogP contribution in [-0.4, -0.2) is 19.2 Å². The molecule has 0 radical (unpaired) electrons. The van der Waals surface area contributed by atoms with E-state index in [9.17, 15) is 4.79 Å². The van der Waals surface area contributed by atoms with Crippen molar-refractivity contribution in [2.75, 3.05) is 13.2 Å². The van der Waals surface area contributed by atoms with Crippen LogP contribution in [0.3, 0.4) is 0 Å². The molecule has 0 fully saturated rings. The highest BCUT2D eigenvalue weighted by atomic mass is 16.5. The van der Waals surface area contributed by atoms with E-state index in [4.69, 9.17) is 14.2 Å². The van der Waals surface area contributed by atoms with Crippen LogP contribution in [-0.2, 0) is 4.79 Å². The number of hydrogen-bond donors (Lipinski definition) is 0. The summed E-state index contributed by atoms with van der Waals surface area (Å²) in [7, 11) is 0. The third-order valence-corrected chi connectivity index (χ3v) is 2.77. The van der Waals surface area contributed by atoms with Gasteiger partial charge in [0.1, 0.15) is 5.75 Å². The summed E-state index contributed by atoms with van der Waals surface area (Å²) in [5.74, 6) is 1.40. The zero-order valence-corrected chi connectivity index (χ0v) is 11.9. The molecule has 0 aliphatic rings. The SMILES string of the molecule is CCOc1cc(OC(C)=O)c2ccccc2c1OCC. The molecule has 2 aromatic rings. The first-order valence-corrected chi connectivity index (χ1v) is 6.67. The Labute approximate surface area is 118 Å². The number of fused-ring (bicyclic) bond motifs is 1. The predicted octanol–water partition coefficient (Wildman–Crippen LogP) is 3.56. The van der Waals surface area contributed by atoms with Gasteiger partial charge in [0.05, 0.1) is 13.2 Å². The van der Waals surface area contributed by atoms with E-state index in [1.807, 2.05) is 38.1 Å². The molecule has 0 unspecified atom stereocenters. The first-order valence-electron chi connectivity index (χ1n) is 6.67. The van der Waals surface area contributed by atoms with Crippen molar-refractivity contribution in [1.82, 2.24) is 0 Å². The lowest BCUT2D eigenvalue weighted by atomic mass is 10.1. The van der Waals surface area contributed by atoms with Gasteiger partial charge < -0.3 is 14.2 Å². The predicted molar refractivity (Wildman–Crippen MR) is 77.6 cm³/mol. The average Bonchev–Trinajstić information content (AvgIpc) is 2.42. The van der Waals surface area contributed by atoms with E-state index in [1.165, 1.54) is 6.92 Å². The molecule has 2 aromatic carbocycles. The largest absolute Gasteiger partial charge is 0.490 e. The molecule has 0 heterocycles. The minimum Gasteiger partial charge on any atom is -0.490 e. The fourth-order valence-electron chi connectivity index (χ4n) is 2.09. The Morgan fingerprint density at radius 2 is 1.65 bits per heavy atom. The van der Waals surface area contributed by atoms with Gasteiger partial charge in [0.2, 0.25) is 0 Å². The van der Waals surface area contributed by atoms with Gasteiger partial charge in [-0.3, -0.25) is 4.79 Å². The standard InChI is InChI=1S/C16H18O4/c1-4-18-15-10-14(20-11(3)17)12-8-6-7-9-13(12)16(15)19-5-2/h6-10H,4-5H2,1-3H3. The van der Waals surface area contributed by atoms with Gasteiger partial charge in [0.25, 0.3) is 0 Å². The number of carbonyl (C=O) groups excluding carboxylic acids is 1. The lowest BCUT2D eigenvalue weighted by Crippen LogP contribution is -2.04. The Bertz CT molecular complexity index is 619. The van der Waals surface area contributed by atoms with Gasteiger partial charge in [0, 0.05) is 23.8 Å². The Morgan fingerprint density at radius 3 is 2.25 bits per heavy atom. The summed E-state index contributed by atoms with van der Waals surface area (Å²) in [5, 5.41) is 1.70.